The van der Waals surface area contributed by atoms with Gasteiger partial charge in [-0.15, -0.1) is 0 Å². The molecule has 1 rings (SSSR count). The van der Waals surface area contributed by atoms with Gasteiger partial charge in [0.2, 0.25) is 35.4 Å². The standard InChI is InChI=1S/C26H48N9O9P/c1-16(36)10-30-23(40)17(4-7-27)33-20(37)11-31-24(41)18(5-8-28)34-21(38)12-32-25(42)19(6-9-29)35-22(39)13-45-43-14-26(2,3)15-44-45/h17-19H,4-15,27-29H2,1-3H3,(H,30,40)(H,31,41)(H,32,42)(H,33,37)(H,34,38)(H,35,39)/t17?,18?,19-/m0/s1. The molecule has 12 N–H and O–H groups in total. The molecule has 18 nitrogen and oxygen atoms in total. The van der Waals surface area contributed by atoms with Gasteiger partial charge in [-0.1, -0.05) is 13.8 Å². The van der Waals surface area contributed by atoms with E-state index < -0.39 is 75.0 Å². The molecule has 256 valence electrons. The van der Waals surface area contributed by atoms with Crippen molar-refractivity contribution in [3.63, 3.8) is 0 Å². The fraction of sp³-hybridized carbons (Fsp3) is 0.731. The molecule has 0 bridgehead atoms. The van der Waals surface area contributed by atoms with Crippen LogP contribution in [-0.4, -0.2) is 118 Å². The van der Waals surface area contributed by atoms with Gasteiger partial charge < -0.3 is 58.1 Å². The summed E-state index contributed by atoms with van der Waals surface area (Å²) in [6.07, 6.45) is 0.164. The normalized spacial score (nSPS) is 16.3. The molecule has 0 saturated carbocycles. The lowest BCUT2D eigenvalue weighted by Crippen LogP contribution is -2.54. The van der Waals surface area contributed by atoms with E-state index in [1.54, 1.807) is 0 Å². The largest absolute Gasteiger partial charge is 0.347 e. The first kappa shape index (κ1) is 39.7. The van der Waals surface area contributed by atoms with Crippen molar-refractivity contribution in [3.05, 3.63) is 0 Å². The summed E-state index contributed by atoms with van der Waals surface area (Å²) in [5.74, 6) is -4.14. The summed E-state index contributed by atoms with van der Waals surface area (Å²) >= 11 is 0. The van der Waals surface area contributed by atoms with Gasteiger partial charge in [0.1, 0.15) is 23.9 Å². The number of hydrogen-bond acceptors (Lipinski definition) is 12. The fourth-order valence-electron chi connectivity index (χ4n) is 3.73. The molecule has 0 aromatic heterocycles. The molecule has 1 aliphatic heterocycles. The molecule has 19 heteroatoms. The minimum Gasteiger partial charge on any atom is -0.347 e. The Morgan fingerprint density at radius 2 is 1.00 bits per heavy atom. The molecule has 1 saturated heterocycles. The second kappa shape index (κ2) is 20.7. The highest BCUT2D eigenvalue weighted by atomic mass is 31.2. The number of carbonyl (C=O) groups excluding carboxylic acids is 7. The van der Waals surface area contributed by atoms with E-state index in [2.05, 4.69) is 31.9 Å². The number of Topliss-reactive ketones (excluding diaryl/α,β-unsaturated/α-hetero) is 1. The second-order valence-electron chi connectivity index (χ2n) is 11.1. The maximum absolute atomic E-state index is 12.7. The minimum absolute atomic E-state index is 0.0177. The molecule has 0 spiro atoms. The van der Waals surface area contributed by atoms with Gasteiger partial charge >= 0.3 is 0 Å². The number of rotatable bonds is 20. The highest BCUT2D eigenvalue weighted by Gasteiger charge is 2.31. The lowest BCUT2D eigenvalue weighted by atomic mass is 9.97. The van der Waals surface area contributed by atoms with E-state index in [1.807, 2.05) is 13.8 Å². The van der Waals surface area contributed by atoms with Crippen LogP contribution in [0.3, 0.4) is 0 Å². The summed E-state index contributed by atoms with van der Waals surface area (Å²) in [6.45, 7) is 5.07. The van der Waals surface area contributed by atoms with Crippen LogP contribution < -0.4 is 49.1 Å². The summed E-state index contributed by atoms with van der Waals surface area (Å²) in [5.41, 5.74) is 16.5. The van der Waals surface area contributed by atoms with Gasteiger partial charge in [-0.2, -0.15) is 0 Å². The van der Waals surface area contributed by atoms with E-state index in [0.29, 0.717) is 13.2 Å². The third-order valence-electron chi connectivity index (χ3n) is 6.15. The third-order valence-corrected chi connectivity index (χ3v) is 7.53. The molecule has 1 fully saturated rings. The summed E-state index contributed by atoms with van der Waals surface area (Å²) in [5, 5.41) is 14.6. The van der Waals surface area contributed by atoms with Gasteiger partial charge in [-0.25, -0.2) is 0 Å². The van der Waals surface area contributed by atoms with Gasteiger partial charge in [-0.3, -0.25) is 33.6 Å². The zero-order valence-electron chi connectivity index (χ0n) is 26.1. The van der Waals surface area contributed by atoms with Crippen molar-refractivity contribution in [2.45, 2.75) is 58.2 Å². The van der Waals surface area contributed by atoms with Crippen molar-refractivity contribution in [2.75, 3.05) is 58.6 Å². The maximum Gasteiger partial charge on any atom is 0.243 e. The van der Waals surface area contributed by atoms with Crippen molar-refractivity contribution in [2.24, 2.45) is 22.6 Å². The Morgan fingerprint density at radius 3 is 1.36 bits per heavy atom. The zero-order chi connectivity index (χ0) is 34.0. The van der Waals surface area contributed by atoms with Crippen LogP contribution >= 0.6 is 8.38 Å². The SMILES string of the molecule is CC(=O)CNC(=O)C(CCN)NC(=O)CNC(=O)C(CCN)NC(=O)CNC(=O)[C@H](CCN)NC(=O)CP1OCC(C)(C)CO1. The molecule has 0 radical (unpaired) electrons. The zero-order valence-corrected chi connectivity index (χ0v) is 27.0. The van der Waals surface area contributed by atoms with Crippen molar-refractivity contribution in [1.29, 1.82) is 0 Å². The van der Waals surface area contributed by atoms with Crippen molar-refractivity contribution < 1.29 is 42.6 Å². The lowest BCUT2D eigenvalue weighted by Gasteiger charge is -2.33. The number of ketones is 1. The molecule has 2 unspecified atom stereocenters. The van der Waals surface area contributed by atoms with Crippen molar-refractivity contribution >= 4 is 49.6 Å². The number of amides is 6. The quantitative estimate of drug-likeness (QED) is 0.0562. The van der Waals surface area contributed by atoms with Crippen LogP contribution in [0.2, 0.25) is 0 Å². The molecule has 0 aliphatic carbocycles. The van der Waals surface area contributed by atoms with Crippen LogP contribution in [0.5, 0.6) is 0 Å². The van der Waals surface area contributed by atoms with Crippen LogP contribution in [-0.2, 0) is 42.6 Å². The molecule has 3 atom stereocenters. The topological polar surface area (TPSA) is 288 Å². The van der Waals surface area contributed by atoms with Gasteiger partial charge in [-0.05, 0) is 45.8 Å². The molecular weight excluding hydrogens is 613 g/mol. The van der Waals surface area contributed by atoms with E-state index in [0.717, 1.165) is 0 Å². The smallest absolute Gasteiger partial charge is 0.243 e. The number of nitrogens with two attached hydrogens (primary N) is 3. The minimum atomic E-state index is -1.43. The van der Waals surface area contributed by atoms with Gasteiger partial charge in [0.05, 0.1) is 39.0 Å². The van der Waals surface area contributed by atoms with Crippen LogP contribution in [0.25, 0.3) is 0 Å². The molecule has 1 heterocycles. The Morgan fingerprint density at radius 1 is 0.644 bits per heavy atom. The van der Waals surface area contributed by atoms with Crippen molar-refractivity contribution in [3.8, 4) is 0 Å². The van der Waals surface area contributed by atoms with E-state index >= 15 is 0 Å². The monoisotopic (exact) mass is 661 g/mol. The first-order valence-electron chi connectivity index (χ1n) is 14.6. The first-order valence-corrected chi connectivity index (χ1v) is 15.9. The molecule has 0 aromatic carbocycles. The molecule has 0 aromatic rings. The first-order chi connectivity index (χ1) is 21.2. The highest BCUT2D eigenvalue weighted by Crippen LogP contribution is 2.45. The molecule has 6 amide bonds. The van der Waals surface area contributed by atoms with Gasteiger partial charge in [0, 0.05) is 5.41 Å². The Bertz CT molecular complexity index is 1040. The second-order valence-corrected chi connectivity index (χ2v) is 12.6. The predicted molar refractivity (Wildman–Crippen MR) is 164 cm³/mol. The Labute approximate surface area is 263 Å². The summed E-state index contributed by atoms with van der Waals surface area (Å²) < 4.78 is 11.2. The van der Waals surface area contributed by atoms with Crippen LogP contribution in [0.4, 0.5) is 0 Å². The highest BCUT2D eigenvalue weighted by molar-refractivity contribution is 7.48. The average molecular weight is 662 g/mol. The average Bonchev–Trinajstić information content (AvgIpc) is 2.97. The van der Waals surface area contributed by atoms with Crippen LogP contribution in [0.15, 0.2) is 0 Å². The Hall–Kier alpha value is -3.28. The Balaban J connectivity index is 2.58. The van der Waals surface area contributed by atoms with Crippen molar-refractivity contribution in [1.82, 2.24) is 31.9 Å². The van der Waals surface area contributed by atoms with Crippen LogP contribution in [0, 0.1) is 5.41 Å². The third kappa shape index (κ3) is 16.6. The lowest BCUT2D eigenvalue weighted by molar-refractivity contribution is -0.132. The van der Waals surface area contributed by atoms with Crippen LogP contribution in [0.1, 0.15) is 40.0 Å². The maximum atomic E-state index is 12.7. The van der Waals surface area contributed by atoms with E-state index in [9.17, 15) is 33.6 Å². The molecule has 1 aliphatic rings. The summed E-state index contributed by atoms with van der Waals surface area (Å²) in [6, 6.07) is -3.16. The molecule has 45 heavy (non-hydrogen) atoms. The van der Waals surface area contributed by atoms with E-state index in [1.165, 1.54) is 6.92 Å². The number of carbonyl (C=O) groups is 7. The summed E-state index contributed by atoms with van der Waals surface area (Å²) in [7, 11) is -1.43. The van der Waals surface area contributed by atoms with E-state index in [4.69, 9.17) is 26.2 Å². The fourth-order valence-corrected chi connectivity index (χ4v) is 5.30. The number of nitrogens with one attached hydrogen (secondary N) is 6. The summed E-state index contributed by atoms with van der Waals surface area (Å²) in [4.78, 5) is 86.1. The number of hydrogen-bond donors (Lipinski definition) is 9. The molecular formula is C26H48N9O9P. The van der Waals surface area contributed by atoms with Gasteiger partial charge in [0.25, 0.3) is 0 Å². The van der Waals surface area contributed by atoms with E-state index in [-0.39, 0.29) is 62.8 Å². The predicted octanol–water partition coefficient (Wildman–Crippen LogP) is -4.19. The Kier molecular flexibility index (Phi) is 18.3. The van der Waals surface area contributed by atoms with Gasteiger partial charge in [0.15, 0.2) is 8.38 Å².